The SMILES string of the molecule is CCOc1ccc(N(CC(=O)N(Cc2ccc(Br)cc2)[C@H](Cc2ccccc2)C(=O)NC(C)(C)C)S(=O)(=O)c2ccccc2)cc1. The second-order valence-electron chi connectivity index (χ2n) is 11.8. The largest absolute Gasteiger partial charge is 0.494 e. The summed E-state index contributed by atoms with van der Waals surface area (Å²) in [6, 6.07) is 30.6. The first-order valence-corrected chi connectivity index (χ1v) is 17.3. The number of carbonyl (C=O) groups excluding carboxylic acids is 2. The van der Waals surface area contributed by atoms with Gasteiger partial charge in [0.1, 0.15) is 18.3 Å². The molecule has 0 saturated heterocycles. The number of nitrogens with one attached hydrogen (secondary N) is 1. The Labute approximate surface area is 280 Å². The Bertz CT molecular complexity index is 1690. The fourth-order valence-electron chi connectivity index (χ4n) is 4.92. The molecule has 4 rings (SSSR count). The van der Waals surface area contributed by atoms with Gasteiger partial charge in [-0.3, -0.25) is 13.9 Å². The molecular formula is C36H40BrN3O5S. The normalized spacial score (nSPS) is 12.2. The van der Waals surface area contributed by atoms with Crippen LogP contribution in [0.25, 0.3) is 0 Å². The molecule has 0 aliphatic rings. The molecule has 1 atom stereocenters. The molecule has 242 valence electrons. The van der Waals surface area contributed by atoms with Gasteiger partial charge < -0.3 is 15.0 Å². The molecule has 0 aromatic heterocycles. The third kappa shape index (κ3) is 9.43. The topological polar surface area (TPSA) is 96.0 Å². The Hall–Kier alpha value is -4.15. The first kappa shape index (κ1) is 34.7. The zero-order chi connectivity index (χ0) is 33.3. The summed E-state index contributed by atoms with van der Waals surface area (Å²) < 4.78 is 35.8. The zero-order valence-electron chi connectivity index (χ0n) is 26.5. The molecule has 10 heteroatoms. The summed E-state index contributed by atoms with van der Waals surface area (Å²) in [7, 11) is -4.18. The minimum Gasteiger partial charge on any atom is -0.494 e. The predicted molar refractivity (Wildman–Crippen MR) is 185 cm³/mol. The molecule has 2 amide bonds. The molecule has 0 spiro atoms. The zero-order valence-corrected chi connectivity index (χ0v) is 28.9. The highest BCUT2D eigenvalue weighted by molar-refractivity contribution is 9.10. The van der Waals surface area contributed by atoms with E-state index in [-0.39, 0.29) is 23.8 Å². The fourth-order valence-corrected chi connectivity index (χ4v) is 6.62. The number of carbonyl (C=O) groups is 2. The van der Waals surface area contributed by atoms with Crippen LogP contribution in [0, 0.1) is 0 Å². The Morgan fingerprint density at radius 3 is 1.98 bits per heavy atom. The minimum absolute atomic E-state index is 0.0439. The lowest BCUT2D eigenvalue weighted by atomic mass is 10.0. The number of amides is 2. The monoisotopic (exact) mass is 705 g/mol. The number of benzene rings is 4. The summed E-state index contributed by atoms with van der Waals surface area (Å²) in [5.41, 5.74) is 1.38. The quantitative estimate of drug-likeness (QED) is 0.169. The Morgan fingerprint density at radius 1 is 0.826 bits per heavy atom. The lowest BCUT2D eigenvalue weighted by Gasteiger charge is -2.35. The molecule has 0 saturated carbocycles. The lowest BCUT2D eigenvalue weighted by molar-refractivity contribution is -0.140. The standard InChI is InChI=1S/C36H40BrN3O5S/c1-5-45-31-22-20-30(21-23-31)40(46(43,44)32-14-10-7-11-15-32)26-34(41)39(25-28-16-18-29(37)19-17-28)33(35(42)38-36(2,3)4)24-27-12-8-6-9-13-27/h6-23,33H,5,24-26H2,1-4H3,(H,38,42)/t33-/m1/s1. The molecule has 0 aliphatic carbocycles. The van der Waals surface area contributed by atoms with Gasteiger partial charge in [-0.2, -0.15) is 0 Å². The average molecular weight is 707 g/mol. The van der Waals surface area contributed by atoms with Crippen molar-refractivity contribution in [3.63, 3.8) is 0 Å². The van der Waals surface area contributed by atoms with Crippen molar-refractivity contribution in [1.29, 1.82) is 0 Å². The van der Waals surface area contributed by atoms with Gasteiger partial charge in [-0.1, -0.05) is 76.6 Å². The van der Waals surface area contributed by atoms with Crippen molar-refractivity contribution in [2.24, 2.45) is 0 Å². The third-order valence-electron chi connectivity index (χ3n) is 7.08. The van der Waals surface area contributed by atoms with E-state index in [1.165, 1.54) is 17.0 Å². The molecule has 0 radical (unpaired) electrons. The van der Waals surface area contributed by atoms with E-state index >= 15 is 0 Å². The van der Waals surface area contributed by atoms with Crippen LogP contribution in [-0.2, 0) is 32.6 Å². The molecule has 4 aromatic carbocycles. The number of rotatable bonds is 13. The van der Waals surface area contributed by atoms with Crippen molar-refractivity contribution in [3.05, 3.63) is 125 Å². The van der Waals surface area contributed by atoms with Crippen LogP contribution < -0.4 is 14.4 Å². The molecule has 0 unspecified atom stereocenters. The summed E-state index contributed by atoms with van der Waals surface area (Å²) in [6.07, 6.45) is 0.236. The van der Waals surface area contributed by atoms with Crippen LogP contribution in [0.3, 0.4) is 0 Å². The molecule has 46 heavy (non-hydrogen) atoms. The van der Waals surface area contributed by atoms with Crippen LogP contribution in [-0.4, -0.2) is 49.9 Å². The summed E-state index contributed by atoms with van der Waals surface area (Å²) >= 11 is 3.46. The van der Waals surface area contributed by atoms with E-state index < -0.39 is 34.1 Å². The van der Waals surface area contributed by atoms with Crippen LogP contribution >= 0.6 is 15.9 Å². The van der Waals surface area contributed by atoms with Gasteiger partial charge in [-0.05, 0) is 87.4 Å². The number of ether oxygens (including phenoxy) is 1. The molecule has 0 aliphatic heterocycles. The molecule has 8 nitrogen and oxygen atoms in total. The number of sulfonamides is 1. The molecule has 1 N–H and O–H groups in total. The van der Waals surface area contributed by atoms with Crippen molar-refractivity contribution in [1.82, 2.24) is 10.2 Å². The van der Waals surface area contributed by atoms with Crippen molar-refractivity contribution >= 4 is 43.5 Å². The van der Waals surface area contributed by atoms with E-state index in [9.17, 15) is 18.0 Å². The maximum Gasteiger partial charge on any atom is 0.264 e. The molecule has 0 fully saturated rings. The Kier molecular flexibility index (Phi) is 11.6. The first-order chi connectivity index (χ1) is 21.9. The van der Waals surface area contributed by atoms with Gasteiger partial charge in [0.2, 0.25) is 11.8 Å². The van der Waals surface area contributed by atoms with E-state index in [4.69, 9.17) is 4.74 Å². The summed E-state index contributed by atoms with van der Waals surface area (Å²) in [6.45, 7) is 7.51. The third-order valence-corrected chi connectivity index (χ3v) is 9.40. The molecule has 4 aromatic rings. The summed E-state index contributed by atoms with van der Waals surface area (Å²) in [5.74, 6) is -0.282. The molecular weight excluding hydrogens is 666 g/mol. The maximum atomic E-state index is 14.6. The Morgan fingerprint density at radius 2 is 1.41 bits per heavy atom. The van der Waals surface area contributed by atoms with E-state index in [0.717, 1.165) is 19.9 Å². The predicted octanol–water partition coefficient (Wildman–Crippen LogP) is 6.60. The highest BCUT2D eigenvalue weighted by Crippen LogP contribution is 2.27. The number of anilines is 1. The highest BCUT2D eigenvalue weighted by Gasteiger charge is 2.35. The average Bonchev–Trinajstić information content (AvgIpc) is 3.03. The number of hydrogen-bond acceptors (Lipinski definition) is 5. The van der Waals surface area contributed by atoms with E-state index in [1.807, 2.05) is 82.3 Å². The summed E-state index contributed by atoms with van der Waals surface area (Å²) in [5, 5.41) is 3.04. The highest BCUT2D eigenvalue weighted by atomic mass is 79.9. The van der Waals surface area contributed by atoms with Crippen molar-refractivity contribution in [3.8, 4) is 5.75 Å². The summed E-state index contributed by atoms with van der Waals surface area (Å²) in [4.78, 5) is 30.1. The molecule has 0 bridgehead atoms. The van der Waals surface area contributed by atoms with Gasteiger partial charge in [0, 0.05) is 23.0 Å². The van der Waals surface area contributed by atoms with Crippen LogP contribution in [0.5, 0.6) is 5.75 Å². The van der Waals surface area contributed by atoms with Crippen LogP contribution in [0.15, 0.2) is 119 Å². The van der Waals surface area contributed by atoms with Crippen molar-refractivity contribution in [2.45, 2.75) is 57.1 Å². The van der Waals surface area contributed by atoms with Gasteiger partial charge >= 0.3 is 0 Å². The number of nitrogens with zero attached hydrogens (tertiary/aromatic N) is 2. The van der Waals surface area contributed by atoms with Crippen LogP contribution in [0.1, 0.15) is 38.8 Å². The van der Waals surface area contributed by atoms with Gasteiger partial charge in [-0.15, -0.1) is 0 Å². The smallest absolute Gasteiger partial charge is 0.264 e. The second-order valence-corrected chi connectivity index (χ2v) is 14.6. The van der Waals surface area contributed by atoms with Gasteiger partial charge in [0.15, 0.2) is 0 Å². The van der Waals surface area contributed by atoms with Crippen molar-refractivity contribution < 1.29 is 22.7 Å². The fraction of sp³-hybridized carbons (Fsp3) is 0.278. The number of halogens is 1. The van der Waals surface area contributed by atoms with Crippen LogP contribution in [0.4, 0.5) is 5.69 Å². The number of hydrogen-bond donors (Lipinski definition) is 1. The lowest BCUT2D eigenvalue weighted by Crippen LogP contribution is -2.56. The van der Waals surface area contributed by atoms with Gasteiger partial charge in [0.25, 0.3) is 10.0 Å². The molecule has 0 heterocycles. The second kappa shape index (κ2) is 15.4. The van der Waals surface area contributed by atoms with Crippen LogP contribution in [0.2, 0.25) is 0 Å². The van der Waals surface area contributed by atoms with E-state index in [1.54, 1.807) is 42.5 Å². The van der Waals surface area contributed by atoms with E-state index in [0.29, 0.717) is 18.0 Å². The van der Waals surface area contributed by atoms with Gasteiger partial charge in [0.05, 0.1) is 17.2 Å². The first-order valence-electron chi connectivity index (χ1n) is 15.1. The van der Waals surface area contributed by atoms with E-state index in [2.05, 4.69) is 21.2 Å². The minimum atomic E-state index is -4.18. The van der Waals surface area contributed by atoms with Crippen molar-refractivity contribution in [2.75, 3.05) is 17.5 Å². The maximum absolute atomic E-state index is 14.6. The Balaban J connectivity index is 1.80. The van der Waals surface area contributed by atoms with Gasteiger partial charge in [-0.25, -0.2) is 8.42 Å².